The minimum atomic E-state index is 0.147. The van der Waals surface area contributed by atoms with Gasteiger partial charge in [-0.25, -0.2) is 0 Å². The SMILES string of the molecule is Cn1c2c(c3cc(Cl)ccc31)[C@@H](CC=O)COC2. The Morgan fingerprint density at radius 1 is 1.56 bits per heavy atom. The highest BCUT2D eigenvalue weighted by molar-refractivity contribution is 6.31. The number of rotatable bonds is 2. The van der Waals surface area contributed by atoms with Crippen molar-refractivity contribution in [3.05, 3.63) is 34.5 Å². The van der Waals surface area contributed by atoms with Crippen molar-refractivity contribution in [2.24, 2.45) is 7.05 Å². The number of carbonyl (C=O) groups is 1. The first kappa shape index (κ1) is 11.8. The summed E-state index contributed by atoms with van der Waals surface area (Å²) < 4.78 is 7.73. The van der Waals surface area contributed by atoms with E-state index in [0.717, 1.165) is 27.9 Å². The van der Waals surface area contributed by atoms with Gasteiger partial charge in [0.2, 0.25) is 0 Å². The van der Waals surface area contributed by atoms with Gasteiger partial charge in [-0.15, -0.1) is 0 Å². The molecule has 0 N–H and O–H groups in total. The van der Waals surface area contributed by atoms with E-state index in [4.69, 9.17) is 16.3 Å². The smallest absolute Gasteiger partial charge is 0.120 e. The number of halogens is 1. The molecule has 18 heavy (non-hydrogen) atoms. The lowest BCUT2D eigenvalue weighted by Crippen LogP contribution is -2.17. The van der Waals surface area contributed by atoms with Crippen LogP contribution in [-0.4, -0.2) is 17.5 Å². The van der Waals surface area contributed by atoms with Crippen LogP contribution in [0.25, 0.3) is 10.9 Å². The van der Waals surface area contributed by atoms with Crippen molar-refractivity contribution >= 4 is 28.8 Å². The number of aryl methyl sites for hydroxylation is 1. The quantitative estimate of drug-likeness (QED) is 0.780. The fraction of sp³-hybridized carbons (Fsp3) is 0.357. The van der Waals surface area contributed by atoms with Crippen LogP contribution in [0, 0.1) is 0 Å². The van der Waals surface area contributed by atoms with Gasteiger partial charge in [-0.3, -0.25) is 0 Å². The summed E-state index contributed by atoms with van der Waals surface area (Å²) in [6.07, 6.45) is 1.46. The molecule has 0 bridgehead atoms. The van der Waals surface area contributed by atoms with Gasteiger partial charge >= 0.3 is 0 Å². The van der Waals surface area contributed by atoms with Crippen molar-refractivity contribution in [2.45, 2.75) is 18.9 Å². The Kier molecular flexibility index (Phi) is 2.88. The number of aldehydes is 1. The van der Waals surface area contributed by atoms with E-state index in [1.54, 1.807) is 0 Å². The minimum Gasteiger partial charge on any atom is -0.375 e. The Bertz CT molecular complexity index is 618. The number of hydrogen-bond donors (Lipinski definition) is 0. The van der Waals surface area contributed by atoms with Crippen LogP contribution in [0.5, 0.6) is 0 Å². The molecule has 3 rings (SSSR count). The zero-order valence-corrected chi connectivity index (χ0v) is 10.9. The lowest BCUT2D eigenvalue weighted by molar-refractivity contribution is -0.108. The molecule has 0 fully saturated rings. The lowest BCUT2D eigenvalue weighted by atomic mass is 9.92. The largest absolute Gasteiger partial charge is 0.375 e. The van der Waals surface area contributed by atoms with Crippen molar-refractivity contribution in [3.8, 4) is 0 Å². The number of aromatic nitrogens is 1. The number of carbonyl (C=O) groups excluding carboxylic acids is 1. The highest BCUT2D eigenvalue weighted by Crippen LogP contribution is 2.37. The van der Waals surface area contributed by atoms with E-state index in [9.17, 15) is 4.79 Å². The molecule has 0 amide bonds. The van der Waals surface area contributed by atoms with Gasteiger partial charge in [0.1, 0.15) is 6.29 Å². The Labute approximate surface area is 110 Å². The zero-order chi connectivity index (χ0) is 12.7. The van der Waals surface area contributed by atoms with Crippen molar-refractivity contribution < 1.29 is 9.53 Å². The lowest BCUT2D eigenvalue weighted by Gasteiger charge is -2.22. The summed E-state index contributed by atoms with van der Waals surface area (Å²) in [5, 5.41) is 1.88. The Morgan fingerprint density at radius 2 is 2.39 bits per heavy atom. The molecule has 0 spiro atoms. The van der Waals surface area contributed by atoms with Crippen LogP contribution in [0.4, 0.5) is 0 Å². The number of fused-ring (bicyclic) bond motifs is 3. The van der Waals surface area contributed by atoms with E-state index in [2.05, 4.69) is 4.57 Å². The van der Waals surface area contributed by atoms with Crippen molar-refractivity contribution in [1.82, 2.24) is 4.57 Å². The molecule has 0 aliphatic carbocycles. The first-order chi connectivity index (χ1) is 8.72. The van der Waals surface area contributed by atoms with Crippen LogP contribution in [0.15, 0.2) is 18.2 Å². The fourth-order valence-corrected chi connectivity index (χ4v) is 2.98. The van der Waals surface area contributed by atoms with Crippen LogP contribution in [-0.2, 0) is 23.2 Å². The maximum Gasteiger partial charge on any atom is 0.120 e. The van der Waals surface area contributed by atoms with Gasteiger partial charge in [-0.1, -0.05) is 11.6 Å². The molecule has 2 heterocycles. The Balaban J connectivity index is 2.29. The summed E-state index contributed by atoms with van der Waals surface area (Å²) in [5.41, 5.74) is 3.53. The second kappa shape index (κ2) is 4.41. The molecule has 1 atom stereocenters. The predicted octanol–water partition coefficient (Wildman–Crippen LogP) is 3.03. The topological polar surface area (TPSA) is 31.2 Å². The molecule has 3 nitrogen and oxygen atoms in total. The molecular weight excluding hydrogens is 250 g/mol. The maximum atomic E-state index is 10.8. The van der Waals surface area contributed by atoms with Crippen LogP contribution < -0.4 is 0 Å². The molecule has 0 saturated heterocycles. The second-order valence-electron chi connectivity index (χ2n) is 4.70. The molecular formula is C14H14ClNO2. The summed E-state index contributed by atoms with van der Waals surface area (Å²) in [4.78, 5) is 10.8. The monoisotopic (exact) mass is 263 g/mol. The first-order valence-corrected chi connectivity index (χ1v) is 6.38. The zero-order valence-electron chi connectivity index (χ0n) is 10.1. The molecule has 1 aliphatic heterocycles. The third kappa shape index (κ3) is 1.66. The van der Waals surface area contributed by atoms with Crippen molar-refractivity contribution in [3.63, 3.8) is 0 Å². The van der Waals surface area contributed by atoms with Crippen molar-refractivity contribution in [1.29, 1.82) is 0 Å². The molecule has 94 valence electrons. The normalized spacial score (nSPS) is 18.9. The number of hydrogen-bond acceptors (Lipinski definition) is 2. The third-order valence-corrected chi connectivity index (χ3v) is 3.91. The average Bonchev–Trinajstić information content (AvgIpc) is 2.64. The van der Waals surface area contributed by atoms with E-state index in [1.165, 1.54) is 5.56 Å². The number of nitrogens with zero attached hydrogens (tertiary/aromatic N) is 1. The molecule has 1 aromatic carbocycles. The molecule has 0 saturated carbocycles. The van der Waals surface area contributed by atoms with E-state index in [-0.39, 0.29) is 5.92 Å². The van der Waals surface area contributed by atoms with Crippen LogP contribution in [0.3, 0.4) is 0 Å². The fourth-order valence-electron chi connectivity index (χ4n) is 2.81. The van der Waals surface area contributed by atoms with E-state index in [0.29, 0.717) is 19.6 Å². The van der Waals surface area contributed by atoms with Crippen molar-refractivity contribution in [2.75, 3.05) is 6.61 Å². The van der Waals surface area contributed by atoms with Gasteiger partial charge in [-0.05, 0) is 23.8 Å². The summed E-state index contributed by atoms with van der Waals surface area (Å²) >= 11 is 6.09. The van der Waals surface area contributed by atoms with E-state index < -0.39 is 0 Å². The average molecular weight is 264 g/mol. The van der Waals surface area contributed by atoms with E-state index >= 15 is 0 Å². The molecule has 1 aliphatic rings. The van der Waals surface area contributed by atoms with Gasteiger partial charge in [0.25, 0.3) is 0 Å². The summed E-state index contributed by atoms with van der Waals surface area (Å²) in [6, 6.07) is 5.90. The first-order valence-electron chi connectivity index (χ1n) is 6.00. The maximum absolute atomic E-state index is 10.8. The molecule has 4 heteroatoms. The number of ether oxygens (including phenoxy) is 1. The van der Waals surface area contributed by atoms with Gasteiger partial charge in [0.05, 0.1) is 13.2 Å². The summed E-state index contributed by atoms with van der Waals surface area (Å²) in [6.45, 7) is 1.21. The Morgan fingerprint density at radius 3 is 3.17 bits per heavy atom. The summed E-state index contributed by atoms with van der Waals surface area (Å²) in [5.74, 6) is 0.147. The van der Waals surface area contributed by atoms with Crippen LogP contribution in [0.2, 0.25) is 5.02 Å². The van der Waals surface area contributed by atoms with Gasteiger partial charge in [0, 0.05) is 41.0 Å². The molecule has 0 radical (unpaired) electrons. The standard InChI is InChI=1S/C14H14ClNO2/c1-16-12-3-2-10(15)6-11(12)14-9(4-5-17)7-18-8-13(14)16/h2-3,5-6,9H,4,7-8H2,1H3/t9-/m0/s1. The highest BCUT2D eigenvalue weighted by atomic mass is 35.5. The molecule has 0 unspecified atom stereocenters. The summed E-state index contributed by atoms with van der Waals surface area (Å²) in [7, 11) is 2.03. The highest BCUT2D eigenvalue weighted by Gasteiger charge is 2.26. The van der Waals surface area contributed by atoms with Gasteiger partial charge in [-0.2, -0.15) is 0 Å². The van der Waals surface area contributed by atoms with Gasteiger partial charge in [0.15, 0.2) is 0 Å². The Hall–Kier alpha value is -1.32. The second-order valence-corrected chi connectivity index (χ2v) is 5.13. The van der Waals surface area contributed by atoms with Crippen LogP contribution in [0.1, 0.15) is 23.6 Å². The van der Waals surface area contributed by atoms with E-state index in [1.807, 2.05) is 25.2 Å². The third-order valence-electron chi connectivity index (χ3n) is 3.67. The van der Waals surface area contributed by atoms with Gasteiger partial charge < -0.3 is 14.1 Å². The number of benzene rings is 1. The van der Waals surface area contributed by atoms with Crippen LogP contribution >= 0.6 is 11.6 Å². The predicted molar refractivity (Wildman–Crippen MR) is 71.0 cm³/mol. The molecule has 2 aromatic rings. The minimum absolute atomic E-state index is 0.147. The molecule has 1 aromatic heterocycles.